The Bertz CT molecular complexity index is 603. The smallest absolute Gasteiger partial charge is 0.341 e. The maximum atomic E-state index is 12.9. The van der Waals surface area contributed by atoms with E-state index in [0.29, 0.717) is 12.4 Å². The maximum absolute atomic E-state index is 12.9. The fraction of sp³-hybridized carbons (Fsp3) is 0.222. The summed E-state index contributed by atoms with van der Waals surface area (Å²) in [6.07, 6.45) is 2.58. The van der Waals surface area contributed by atoms with Gasteiger partial charge in [-0.15, -0.1) is 0 Å². The zero-order valence-electron chi connectivity index (χ0n) is 9.28. The van der Waals surface area contributed by atoms with E-state index in [1.54, 1.807) is 5.48 Å². The highest BCUT2D eigenvalue weighted by molar-refractivity contribution is 6.10. The number of pyridine rings is 1. The second-order valence-corrected chi connectivity index (χ2v) is 3.60. The van der Waals surface area contributed by atoms with Crippen molar-refractivity contribution >= 4 is 22.7 Å². The van der Waals surface area contributed by atoms with Crippen LogP contribution in [0.3, 0.4) is 0 Å². The number of nitrogens with zero attached hydrogens (tertiary/aromatic N) is 3. The second-order valence-electron chi connectivity index (χ2n) is 3.60. The number of alkyl halides is 2. The van der Waals surface area contributed by atoms with Crippen LogP contribution in [0, 0.1) is 0 Å². The van der Waals surface area contributed by atoms with Crippen LogP contribution in [-0.2, 0) is 0 Å². The summed E-state index contributed by atoms with van der Waals surface area (Å²) in [5, 5.41) is 8.94. The third-order valence-corrected chi connectivity index (χ3v) is 2.13. The summed E-state index contributed by atoms with van der Waals surface area (Å²) in [7, 11) is 0. The number of imidazole rings is 1. The van der Waals surface area contributed by atoms with Gasteiger partial charge in [0.2, 0.25) is 0 Å². The van der Waals surface area contributed by atoms with Crippen molar-refractivity contribution in [1.29, 1.82) is 0 Å². The number of nitrogens with two attached hydrogens (primary N) is 1. The lowest BCUT2D eigenvalue weighted by Gasteiger charge is -2.11. The zero-order chi connectivity index (χ0) is 13.3. The quantitative estimate of drug-likeness (QED) is 0.276. The molecular weight excluding hydrogens is 246 g/mol. The summed E-state index contributed by atoms with van der Waals surface area (Å²) in [6.45, 7) is 0.589. The number of halogens is 2. The third-order valence-electron chi connectivity index (χ3n) is 2.13. The van der Waals surface area contributed by atoms with Crippen molar-refractivity contribution in [3.8, 4) is 0 Å². The summed E-state index contributed by atoms with van der Waals surface area (Å²) in [5.41, 5.74) is 8.02. The van der Waals surface area contributed by atoms with Gasteiger partial charge >= 0.3 is 6.05 Å². The molecule has 0 aliphatic rings. The standard InChI is InChI=1S/C9H10F2N6O/c1-9(10,11)16-7(17-18)5-4(12)2-13-8-6(5)14-3-15-8/h2-3,18H,12H2,1H3,(H,16,17)(H,13,14,15). The molecule has 2 aromatic rings. The molecule has 0 saturated heterocycles. The van der Waals surface area contributed by atoms with Crippen LogP contribution < -0.4 is 11.2 Å². The number of amidine groups is 1. The molecule has 0 fully saturated rings. The number of aliphatic imine (C=N–C) groups is 1. The number of aromatic amines is 1. The zero-order valence-corrected chi connectivity index (χ0v) is 9.28. The minimum absolute atomic E-state index is 0.0799. The Hall–Kier alpha value is -2.29. The molecule has 0 aliphatic carbocycles. The molecule has 96 valence electrons. The Labute approximate surface area is 99.7 Å². The lowest BCUT2D eigenvalue weighted by Crippen LogP contribution is -2.26. The molecule has 5 N–H and O–H groups in total. The normalized spacial score (nSPS) is 13.0. The molecule has 0 radical (unpaired) electrons. The molecular formula is C9H10F2N6O. The average molecular weight is 256 g/mol. The molecule has 0 aromatic carbocycles. The van der Waals surface area contributed by atoms with Gasteiger partial charge in [-0.1, -0.05) is 0 Å². The number of fused-ring (bicyclic) bond motifs is 1. The molecule has 2 aromatic heterocycles. The Morgan fingerprint density at radius 2 is 2.28 bits per heavy atom. The van der Waals surface area contributed by atoms with Gasteiger partial charge in [-0.05, 0) is 0 Å². The minimum atomic E-state index is -3.35. The number of hydroxylamine groups is 1. The number of hydrogen-bond donors (Lipinski definition) is 4. The number of aromatic nitrogens is 3. The van der Waals surface area contributed by atoms with Crippen molar-refractivity contribution in [3.05, 3.63) is 18.1 Å². The molecule has 0 saturated carbocycles. The van der Waals surface area contributed by atoms with Gasteiger partial charge in [-0.3, -0.25) is 10.7 Å². The van der Waals surface area contributed by atoms with Crippen LogP contribution >= 0.6 is 0 Å². The summed E-state index contributed by atoms with van der Waals surface area (Å²) in [6, 6.07) is -3.35. The number of nitrogen functional groups attached to an aromatic ring is 1. The highest BCUT2D eigenvalue weighted by Crippen LogP contribution is 2.22. The lowest BCUT2D eigenvalue weighted by molar-refractivity contribution is 0.0310. The van der Waals surface area contributed by atoms with Crippen LogP contribution in [0.5, 0.6) is 0 Å². The van der Waals surface area contributed by atoms with Gasteiger partial charge in [-0.2, -0.15) is 13.8 Å². The van der Waals surface area contributed by atoms with Gasteiger partial charge in [0.15, 0.2) is 11.5 Å². The van der Waals surface area contributed by atoms with Gasteiger partial charge in [-0.25, -0.2) is 9.97 Å². The lowest BCUT2D eigenvalue weighted by atomic mass is 10.2. The van der Waals surface area contributed by atoms with Crippen molar-refractivity contribution in [2.24, 2.45) is 4.99 Å². The fourth-order valence-electron chi connectivity index (χ4n) is 1.50. The predicted octanol–water partition coefficient (Wildman–Crippen LogP) is 0.878. The van der Waals surface area contributed by atoms with E-state index >= 15 is 0 Å². The first-order valence-electron chi connectivity index (χ1n) is 4.88. The van der Waals surface area contributed by atoms with E-state index in [1.165, 1.54) is 12.5 Å². The molecule has 2 rings (SSSR count). The van der Waals surface area contributed by atoms with Crippen molar-refractivity contribution in [3.63, 3.8) is 0 Å². The first kappa shape index (κ1) is 12.2. The molecule has 18 heavy (non-hydrogen) atoms. The van der Waals surface area contributed by atoms with Crippen LogP contribution in [-0.4, -0.2) is 32.0 Å². The molecule has 0 unspecified atom stereocenters. The topological polar surface area (TPSA) is 112 Å². The first-order valence-corrected chi connectivity index (χ1v) is 4.88. The van der Waals surface area contributed by atoms with Gasteiger partial charge in [0.05, 0.1) is 29.3 Å². The Balaban J connectivity index is 2.68. The van der Waals surface area contributed by atoms with Crippen molar-refractivity contribution in [2.75, 3.05) is 5.73 Å². The summed E-state index contributed by atoms with van der Waals surface area (Å²) in [4.78, 5) is 13.5. The fourth-order valence-corrected chi connectivity index (χ4v) is 1.50. The number of rotatable bonds is 2. The molecule has 9 heteroatoms. The number of anilines is 1. The van der Waals surface area contributed by atoms with Gasteiger partial charge < -0.3 is 10.7 Å². The summed E-state index contributed by atoms with van der Waals surface area (Å²) < 4.78 is 25.8. The second kappa shape index (κ2) is 4.18. The van der Waals surface area contributed by atoms with Crippen LogP contribution in [0.25, 0.3) is 11.2 Å². The molecule has 7 nitrogen and oxygen atoms in total. The minimum Gasteiger partial charge on any atom is -0.397 e. The van der Waals surface area contributed by atoms with Gasteiger partial charge in [0.25, 0.3) is 0 Å². The van der Waals surface area contributed by atoms with E-state index in [1.807, 2.05) is 0 Å². The maximum Gasteiger partial charge on any atom is 0.341 e. The molecule has 2 heterocycles. The first-order chi connectivity index (χ1) is 8.42. The highest BCUT2D eigenvalue weighted by Gasteiger charge is 2.23. The van der Waals surface area contributed by atoms with Gasteiger partial charge in [0.1, 0.15) is 0 Å². The van der Waals surface area contributed by atoms with Crippen LogP contribution in [0.2, 0.25) is 0 Å². The van der Waals surface area contributed by atoms with E-state index in [9.17, 15) is 8.78 Å². The Kier molecular flexibility index (Phi) is 2.83. The Morgan fingerprint density at radius 3 is 2.89 bits per heavy atom. The molecule has 0 atom stereocenters. The Morgan fingerprint density at radius 1 is 1.56 bits per heavy atom. The van der Waals surface area contributed by atoms with E-state index in [4.69, 9.17) is 10.9 Å². The average Bonchev–Trinajstić information content (AvgIpc) is 2.73. The third kappa shape index (κ3) is 2.20. The predicted molar refractivity (Wildman–Crippen MR) is 60.4 cm³/mol. The molecule has 0 spiro atoms. The highest BCUT2D eigenvalue weighted by atomic mass is 19.3. The molecule has 0 aliphatic heterocycles. The molecule has 0 bridgehead atoms. The SMILES string of the molecule is CC(F)(F)N=C(NO)c1c(N)cnc2nc[nH]c12. The summed E-state index contributed by atoms with van der Waals surface area (Å²) in [5.74, 6) is -0.461. The summed E-state index contributed by atoms with van der Waals surface area (Å²) >= 11 is 0. The molecule has 0 amide bonds. The van der Waals surface area contributed by atoms with Crippen LogP contribution in [0.1, 0.15) is 12.5 Å². The number of nitrogens with one attached hydrogen (secondary N) is 2. The number of H-pyrrole nitrogens is 1. The van der Waals surface area contributed by atoms with Crippen molar-refractivity contribution < 1.29 is 14.0 Å². The van der Waals surface area contributed by atoms with E-state index < -0.39 is 11.9 Å². The van der Waals surface area contributed by atoms with E-state index in [-0.39, 0.29) is 16.9 Å². The van der Waals surface area contributed by atoms with Gasteiger partial charge in [0, 0.05) is 6.92 Å². The van der Waals surface area contributed by atoms with E-state index in [0.717, 1.165) is 0 Å². The van der Waals surface area contributed by atoms with Crippen LogP contribution in [0.15, 0.2) is 17.5 Å². The van der Waals surface area contributed by atoms with Crippen molar-refractivity contribution in [1.82, 2.24) is 20.4 Å². The van der Waals surface area contributed by atoms with Crippen LogP contribution in [0.4, 0.5) is 14.5 Å². The van der Waals surface area contributed by atoms with E-state index in [2.05, 4.69) is 19.9 Å². The number of hydrogen-bond acceptors (Lipinski definition) is 5. The largest absolute Gasteiger partial charge is 0.397 e. The van der Waals surface area contributed by atoms with Crippen molar-refractivity contribution in [2.45, 2.75) is 13.0 Å². The monoisotopic (exact) mass is 256 g/mol.